The van der Waals surface area contributed by atoms with Gasteiger partial charge in [-0.2, -0.15) is 5.10 Å². The van der Waals surface area contributed by atoms with E-state index in [1.165, 1.54) is 36.4 Å². The summed E-state index contributed by atoms with van der Waals surface area (Å²) in [4.78, 5) is 22.4. The number of thioether (sulfide) groups is 1. The van der Waals surface area contributed by atoms with Gasteiger partial charge in [-0.25, -0.2) is 9.97 Å². The molecule has 0 saturated carbocycles. The zero-order chi connectivity index (χ0) is 33.9. The fourth-order valence-corrected chi connectivity index (χ4v) is 7.51. The lowest BCUT2D eigenvalue weighted by atomic mass is 10.0. The van der Waals surface area contributed by atoms with Gasteiger partial charge in [-0.05, 0) is 109 Å². The average molecular weight is 688 g/mol. The normalized spacial score (nSPS) is 16.2. The Balaban J connectivity index is 0.000000840. The summed E-state index contributed by atoms with van der Waals surface area (Å²) in [6.45, 7) is 14.0. The first-order valence-electron chi connectivity index (χ1n) is 17.3. The number of anilines is 3. The molecule has 2 aliphatic heterocycles. The Hall–Kier alpha value is -3.09. The second-order valence-corrected chi connectivity index (χ2v) is 15.0. The van der Waals surface area contributed by atoms with Gasteiger partial charge in [0.1, 0.15) is 11.6 Å². The van der Waals surface area contributed by atoms with Gasteiger partial charge in [0.15, 0.2) is 11.0 Å². The van der Waals surface area contributed by atoms with E-state index in [2.05, 4.69) is 125 Å². The van der Waals surface area contributed by atoms with Crippen molar-refractivity contribution in [2.24, 2.45) is 0 Å². The minimum atomic E-state index is 0.703. The van der Waals surface area contributed by atoms with Crippen LogP contribution in [0.4, 0.5) is 17.5 Å². The van der Waals surface area contributed by atoms with E-state index >= 15 is 0 Å². The van der Waals surface area contributed by atoms with Crippen molar-refractivity contribution < 1.29 is 0 Å². The summed E-state index contributed by atoms with van der Waals surface area (Å²) in [6.07, 6.45) is 3.38. The Labute approximate surface area is 296 Å². The molecule has 0 unspecified atom stereocenters. The molecule has 0 atom stereocenters. The predicted molar refractivity (Wildman–Crippen MR) is 203 cm³/mol. The lowest BCUT2D eigenvalue weighted by molar-refractivity contribution is 0.115. The van der Waals surface area contributed by atoms with Crippen LogP contribution in [0.15, 0.2) is 75.6 Å². The highest BCUT2D eigenvalue weighted by molar-refractivity contribution is 7.99. The maximum atomic E-state index is 5.20. The van der Waals surface area contributed by atoms with Crippen LogP contribution in [0.3, 0.4) is 0 Å². The Bertz CT molecular complexity index is 1530. The van der Waals surface area contributed by atoms with Gasteiger partial charge in [-0.15, -0.1) is 11.8 Å². The standard InChI is InChI=1S/C33H42N8S2.C4H11N/c1-4-29-31(34-30-22-24(2)37-38-30)35-33(43-28-12-10-27(11-13-28)42-23-25-8-6-5-7-9-25)36-32(29)41-20-18-40(19-21-41)26-14-16-39(3)17-15-26;1-4-5(2)3/h5-13,22,26H,4,14-21,23H2,1-3H3,(H2,34,35,36,37,38);4H2,1-3H3. The number of aromatic amines is 1. The molecule has 11 heteroatoms. The van der Waals surface area contributed by atoms with E-state index in [-0.39, 0.29) is 0 Å². The number of benzene rings is 2. The Morgan fingerprint density at radius 1 is 0.896 bits per heavy atom. The quantitative estimate of drug-likeness (QED) is 0.127. The van der Waals surface area contributed by atoms with Gasteiger partial charge in [0, 0.05) is 65.1 Å². The van der Waals surface area contributed by atoms with Crippen LogP contribution in [0.2, 0.25) is 0 Å². The number of rotatable bonds is 11. The lowest BCUT2D eigenvalue weighted by Gasteiger charge is -2.42. The first-order chi connectivity index (χ1) is 23.3. The molecule has 258 valence electrons. The smallest absolute Gasteiger partial charge is 0.196 e. The molecular formula is C37H53N9S2. The topological polar surface area (TPSA) is 79.4 Å². The maximum Gasteiger partial charge on any atom is 0.196 e. The summed E-state index contributed by atoms with van der Waals surface area (Å²) < 4.78 is 0. The minimum absolute atomic E-state index is 0.703. The van der Waals surface area contributed by atoms with Crippen molar-refractivity contribution in [3.05, 3.63) is 77.5 Å². The summed E-state index contributed by atoms with van der Waals surface area (Å²) in [5.41, 5.74) is 3.49. The van der Waals surface area contributed by atoms with E-state index in [1.54, 1.807) is 11.8 Å². The summed E-state index contributed by atoms with van der Waals surface area (Å²) in [5.74, 6) is 3.63. The zero-order valence-corrected chi connectivity index (χ0v) is 31.2. The van der Waals surface area contributed by atoms with Crippen LogP contribution in [0.1, 0.15) is 43.5 Å². The molecule has 4 aromatic rings. The van der Waals surface area contributed by atoms with Gasteiger partial charge in [0.05, 0.1) is 0 Å². The molecule has 0 amide bonds. The Kier molecular flexibility index (Phi) is 13.6. The number of hydrogen-bond donors (Lipinski definition) is 2. The molecule has 2 N–H and O–H groups in total. The summed E-state index contributed by atoms with van der Waals surface area (Å²) in [6, 6.07) is 22.1. The molecule has 2 aliphatic rings. The molecule has 9 nitrogen and oxygen atoms in total. The molecule has 4 heterocycles. The fourth-order valence-electron chi connectivity index (χ4n) is 5.90. The SMILES string of the molecule is CCN(C)C.CCc1c(Nc2cc(C)[nH]n2)nc(Sc2ccc(SCc3ccccc3)cc2)nc1N1CCN(C2CCN(C)CC2)CC1. The van der Waals surface area contributed by atoms with E-state index in [0.29, 0.717) is 6.04 Å². The maximum absolute atomic E-state index is 5.20. The largest absolute Gasteiger partial charge is 0.354 e. The molecule has 0 bridgehead atoms. The van der Waals surface area contributed by atoms with Gasteiger partial charge in [-0.1, -0.05) is 44.2 Å². The van der Waals surface area contributed by atoms with Gasteiger partial charge < -0.3 is 20.0 Å². The van der Waals surface area contributed by atoms with Crippen molar-refractivity contribution in [1.82, 2.24) is 34.9 Å². The molecule has 0 radical (unpaired) electrons. The molecule has 2 aromatic heterocycles. The highest BCUT2D eigenvalue weighted by Crippen LogP contribution is 2.35. The second-order valence-electron chi connectivity index (χ2n) is 12.9. The van der Waals surface area contributed by atoms with E-state index in [9.17, 15) is 0 Å². The van der Waals surface area contributed by atoms with Crippen LogP contribution in [0.5, 0.6) is 0 Å². The van der Waals surface area contributed by atoms with E-state index in [0.717, 1.165) is 83.7 Å². The minimum Gasteiger partial charge on any atom is -0.354 e. The number of nitrogens with one attached hydrogen (secondary N) is 2. The van der Waals surface area contributed by atoms with Crippen molar-refractivity contribution >= 4 is 41.0 Å². The number of aromatic nitrogens is 4. The highest BCUT2D eigenvalue weighted by Gasteiger charge is 2.29. The van der Waals surface area contributed by atoms with Crippen molar-refractivity contribution in [2.45, 2.75) is 66.8 Å². The van der Waals surface area contributed by atoms with Gasteiger partial charge in [0.2, 0.25) is 0 Å². The monoisotopic (exact) mass is 687 g/mol. The first kappa shape index (κ1) is 36.2. The Morgan fingerprint density at radius 2 is 1.56 bits per heavy atom. The van der Waals surface area contributed by atoms with Gasteiger partial charge in [0.25, 0.3) is 0 Å². The molecular weight excluding hydrogens is 635 g/mol. The molecule has 6 rings (SSSR count). The lowest BCUT2D eigenvalue weighted by Crippen LogP contribution is -2.53. The van der Waals surface area contributed by atoms with Crippen LogP contribution in [0.25, 0.3) is 0 Å². The van der Waals surface area contributed by atoms with E-state index in [4.69, 9.17) is 9.97 Å². The number of hydrogen-bond acceptors (Lipinski definition) is 10. The number of piperazine rings is 1. The third-order valence-corrected chi connectivity index (χ3v) is 11.0. The first-order valence-corrected chi connectivity index (χ1v) is 19.1. The summed E-state index contributed by atoms with van der Waals surface area (Å²) in [5, 5.41) is 11.7. The molecule has 0 aliphatic carbocycles. The number of piperidine rings is 1. The molecule has 2 fully saturated rings. The molecule has 2 aromatic carbocycles. The second kappa shape index (κ2) is 18.1. The van der Waals surface area contributed by atoms with Crippen LogP contribution >= 0.6 is 23.5 Å². The number of likely N-dealkylation sites (tertiary alicyclic amines) is 1. The zero-order valence-electron chi connectivity index (χ0n) is 29.6. The van der Waals surface area contributed by atoms with Gasteiger partial charge in [-0.3, -0.25) is 10.00 Å². The predicted octanol–water partition coefficient (Wildman–Crippen LogP) is 7.04. The summed E-state index contributed by atoms with van der Waals surface area (Å²) >= 11 is 3.48. The highest BCUT2D eigenvalue weighted by atomic mass is 32.2. The Morgan fingerprint density at radius 3 is 2.17 bits per heavy atom. The molecule has 0 spiro atoms. The number of nitrogens with zero attached hydrogens (tertiary/aromatic N) is 7. The third-order valence-electron chi connectivity index (χ3n) is 9.00. The number of H-pyrrole nitrogens is 1. The van der Waals surface area contributed by atoms with Crippen molar-refractivity contribution in [1.29, 1.82) is 0 Å². The van der Waals surface area contributed by atoms with Crippen molar-refractivity contribution in [3.63, 3.8) is 0 Å². The summed E-state index contributed by atoms with van der Waals surface area (Å²) in [7, 11) is 6.35. The van der Waals surface area contributed by atoms with E-state index < -0.39 is 0 Å². The van der Waals surface area contributed by atoms with Gasteiger partial charge >= 0.3 is 0 Å². The van der Waals surface area contributed by atoms with Crippen LogP contribution in [-0.4, -0.2) is 108 Å². The van der Waals surface area contributed by atoms with Crippen LogP contribution < -0.4 is 10.2 Å². The molecule has 48 heavy (non-hydrogen) atoms. The van der Waals surface area contributed by atoms with Crippen molar-refractivity contribution in [2.75, 3.05) is 77.2 Å². The average Bonchev–Trinajstić information content (AvgIpc) is 3.53. The third kappa shape index (κ3) is 10.5. The fraction of sp³-hybridized carbons (Fsp3) is 0.486. The van der Waals surface area contributed by atoms with E-state index in [1.807, 2.05) is 24.8 Å². The van der Waals surface area contributed by atoms with Crippen LogP contribution in [0, 0.1) is 6.92 Å². The number of aryl methyl sites for hydroxylation is 1. The van der Waals surface area contributed by atoms with Crippen LogP contribution in [-0.2, 0) is 12.2 Å². The molecule has 2 saturated heterocycles. The van der Waals surface area contributed by atoms with Crippen molar-refractivity contribution in [3.8, 4) is 0 Å².